The zero-order valence-corrected chi connectivity index (χ0v) is 11.9. The van der Waals surface area contributed by atoms with Gasteiger partial charge in [-0.25, -0.2) is 4.98 Å². The summed E-state index contributed by atoms with van der Waals surface area (Å²) in [6, 6.07) is 2.40. The van der Waals surface area contributed by atoms with Gasteiger partial charge in [0.2, 0.25) is 5.95 Å². The van der Waals surface area contributed by atoms with E-state index in [2.05, 4.69) is 35.7 Å². The van der Waals surface area contributed by atoms with E-state index in [1.165, 1.54) is 32.4 Å². The van der Waals surface area contributed by atoms with Crippen LogP contribution >= 0.6 is 15.9 Å². The minimum Gasteiger partial charge on any atom is -0.383 e. The lowest BCUT2D eigenvalue weighted by Gasteiger charge is -2.25. The highest BCUT2D eigenvalue weighted by Gasteiger charge is 2.29. The minimum atomic E-state index is 0.527. The van der Waals surface area contributed by atoms with E-state index in [4.69, 9.17) is 5.73 Å². The molecule has 98 valence electrons. The van der Waals surface area contributed by atoms with Crippen molar-refractivity contribution < 1.29 is 0 Å². The molecule has 5 nitrogen and oxygen atoms in total. The molecule has 2 N–H and O–H groups in total. The van der Waals surface area contributed by atoms with Gasteiger partial charge in [-0.15, -0.1) is 0 Å². The molecule has 0 amide bonds. The van der Waals surface area contributed by atoms with Crippen molar-refractivity contribution in [2.75, 3.05) is 36.8 Å². The van der Waals surface area contributed by atoms with Gasteiger partial charge in [0.05, 0.1) is 0 Å². The lowest BCUT2D eigenvalue weighted by molar-refractivity contribution is 0.273. The summed E-state index contributed by atoms with van der Waals surface area (Å²) in [6.45, 7) is 4.49. The molecular formula is C12H18BrN5. The molecule has 1 aromatic rings. The van der Waals surface area contributed by atoms with Gasteiger partial charge in [0.1, 0.15) is 10.4 Å². The monoisotopic (exact) mass is 311 g/mol. The second kappa shape index (κ2) is 5.01. The number of halogens is 1. The zero-order valence-electron chi connectivity index (χ0n) is 10.3. The number of fused-ring (bicyclic) bond motifs is 1. The first-order valence-electron chi connectivity index (χ1n) is 6.51. The third-order valence-corrected chi connectivity index (χ3v) is 4.20. The first kappa shape index (κ1) is 12.2. The molecule has 2 aliphatic rings. The van der Waals surface area contributed by atoms with Crippen molar-refractivity contribution in [3.63, 3.8) is 0 Å². The number of anilines is 2. The van der Waals surface area contributed by atoms with E-state index in [0.717, 1.165) is 23.6 Å². The van der Waals surface area contributed by atoms with Crippen LogP contribution in [0.15, 0.2) is 10.7 Å². The molecular weight excluding hydrogens is 294 g/mol. The van der Waals surface area contributed by atoms with Gasteiger partial charge in [0.15, 0.2) is 0 Å². The van der Waals surface area contributed by atoms with Crippen LogP contribution in [-0.2, 0) is 0 Å². The van der Waals surface area contributed by atoms with Gasteiger partial charge in [0, 0.05) is 31.7 Å². The maximum Gasteiger partial charge on any atom is 0.228 e. The Kier molecular flexibility index (Phi) is 3.39. The highest BCUT2D eigenvalue weighted by atomic mass is 79.9. The van der Waals surface area contributed by atoms with E-state index in [1.54, 1.807) is 6.07 Å². The molecule has 0 aliphatic carbocycles. The van der Waals surface area contributed by atoms with Crippen LogP contribution in [0.1, 0.15) is 19.3 Å². The summed E-state index contributed by atoms with van der Waals surface area (Å²) in [5, 5.41) is 0. The minimum absolute atomic E-state index is 0.527. The number of hydrogen-bond acceptors (Lipinski definition) is 5. The fraction of sp³-hybridized carbons (Fsp3) is 0.667. The van der Waals surface area contributed by atoms with E-state index in [-0.39, 0.29) is 0 Å². The van der Waals surface area contributed by atoms with Crippen molar-refractivity contribution >= 4 is 27.7 Å². The number of nitrogens with zero attached hydrogens (tertiary/aromatic N) is 4. The Morgan fingerprint density at radius 1 is 1.22 bits per heavy atom. The van der Waals surface area contributed by atoms with Crippen LogP contribution in [0.25, 0.3) is 0 Å². The second-order valence-corrected chi connectivity index (χ2v) is 5.86. The van der Waals surface area contributed by atoms with Crippen LogP contribution in [0.4, 0.5) is 11.8 Å². The normalized spacial score (nSPS) is 24.9. The molecule has 0 aromatic carbocycles. The van der Waals surface area contributed by atoms with Gasteiger partial charge in [0.25, 0.3) is 0 Å². The van der Waals surface area contributed by atoms with Crippen LogP contribution in [-0.4, -0.2) is 47.1 Å². The maximum absolute atomic E-state index is 5.79. The summed E-state index contributed by atoms with van der Waals surface area (Å²) in [7, 11) is 0. The van der Waals surface area contributed by atoms with Crippen molar-refractivity contribution in [1.82, 2.24) is 14.9 Å². The predicted octanol–water partition coefficient (Wildman–Crippen LogP) is 1.50. The van der Waals surface area contributed by atoms with Crippen LogP contribution in [0, 0.1) is 0 Å². The fourth-order valence-corrected chi connectivity index (χ4v) is 3.35. The average molecular weight is 312 g/mol. The lowest BCUT2D eigenvalue weighted by atomic mass is 10.2. The Labute approximate surface area is 116 Å². The Balaban J connectivity index is 1.82. The largest absolute Gasteiger partial charge is 0.383 e. The van der Waals surface area contributed by atoms with Crippen molar-refractivity contribution in [1.29, 1.82) is 0 Å². The molecule has 18 heavy (non-hydrogen) atoms. The summed E-state index contributed by atoms with van der Waals surface area (Å²) >= 11 is 3.39. The van der Waals surface area contributed by atoms with Gasteiger partial charge < -0.3 is 10.6 Å². The molecule has 0 saturated carbocycles. The molecule has 6 heteroatoms. The van der Waals surface area contributed by atoms with E-state index in [0.29, 0.717) is 11.9 Å². The first-order valence-corrected chi connectivity index (χ1v) is 7.31. The van der Waals surface area contributed by atoms with Crippen molar-refractivity contribution in [3.8, 4) is 0 Å². The molecule has 0 radical (unpaired) electrons. The molecule has 3 rings (SSSR count). The Bertz CT molecular complexity index is 418. The van der Waals surface area contributed by atoms with Crippen LogP contribution < -0.4 is 10.6 Å². The smallest absolute Gasteiger partial charge is 0.228 e. The van der Waals surface area contributed by atoms with Gasteiger partial charge in [-0.1, -0.05) is 0 Å². The molecule has 2 fully saturated rings. The lowest BCUT2D eigenvalue weighted by Crippen LogP contribution is -2.37. The third-order valence-electron chi connectivity index (χ3n) is 3.79. The second-order valence-electron chi connectivity index (χ2n) is 5.05. The molecule has 1 atom stereocenters. The first-order chi connectivity index (χ1) is 8.72. The topological polar surface area (TPSA) is 58.3 Å². The Morgan fingerprint density at radius 3 is 2.89 bits per heavy atom. The van der Waals surface area contributed by atoms with Crippen molar-refractivity contribution in [2.24, 2.45) is 0 Å². The highest BCUT2D eigenvalue weighted by molar-refractivity contribution is 9.10. The molecule has 3 heterocycles. The highest BCUT2D eigenvalue weighted by Crippen LogP contribution is 2.24. The van der Waals surface area contributed by atoms with Crippen LogP contribution in [0.3, 0.4) is 0 Å². The molecule has 0 bridgehead atoms. The van der Waals surface area contributed by atoms with Crippen LogP contribution in [0.2, 0.25) is 0 Å². The number of nitrogen functional groups attached to an aromatic ring is 1. The van der Waals surface area contributed by atoms with Gasteiger partial charge >= 0.3 is 0 Å². The van der Waals surface area contributed by atoms with E-state index in [1.807, 2.05) is 0 Å². The average Bonchev–Trinajstić information content (AvgIpc) is 2.65. The summed E-state index contributed by atoms with van der Waals surface area (Å²) in [4.78, 5) is 13.7. The number of rotatable bonds is 1. The number of hydrogen-bond donors (Lipinski definition) is 1. The number of aromatic nitrogens is 2. The summed E-state index contributed by atoms with van der Waals surface area (Å²) in [5.41, 5.74) is 5.79. The molecule has 0 spiro atoms. The summed E-state index contributed by atoms with van der Waals surface area (Å²) in [6.07, 6.45) is 3.78. The number of nitrogens with two attached hydrogens (primary N) is 1. The van der Waals surface area contributed by atoms with E-state index >= 15 is 0 Å². The van der Waals surface area contributed by atoms with Gasteiger partial charge in [-0.3, -0.25) is 4.90 Å². The molecule has 1 aromatic heterocycles. The summed E-state index contributed by atoms with van der Waals surface area (Å²) in [5.74, 6) is 1.29. The molecule has 2 saturated heterocycles. The standard InChI is InChI=1S/C12H18BrN5/c13-10-7-11(14)16-12(15-10)18-6-2-5-17-4-1-3-9(17)8-18/h7,9H,1-6,8H2,(H2,14,15,16). The van der Waals surface area contributed by atoms with Crippen molar-refractivity contribution in [3.05, 3.63) is 10.7 Å². The quantitative estimate of drug-likeness (QED) is 0.796. The SMILES string of the molecule is Nc1cc(Br)nc(N2CCCN3CCCC3C2)n1. The zero-order chi connectivity index (χ0) is 12.5. The maximum atomic E-state index is 5.79. The Hall–Kier alpha value is -0.880. The van der Waals surface area contributed by atoms with E-state index in [9.17, 15) is 0 Å². The van der Waals surface area contributed by atoms with E-state index < -0.39 is 0 Å². The predicted molar refractivity (Wildman–Crippen MR) is 75.6 cm³/mol. The van der Waals surface area contributed by atoms with Crippen molar-refractivity contribution in [2.45, 2.75) is 25.3 Å². The Morgan fingerprint density at radius 2 is 2.06 bits per heavy atom. The fourth-order valence-electron chi connectivity index (χ4n) is 2.95. The molecule has 1 unspecified atom stereocenters. The van der Waals surface area contributed by atoms with Gasteiger partial charge in [-0.2, -0.15) is 4.98 Å². The third kappa shape index (κ3) is 2.44. The van der Waals surface area contributed by atoms with Crippen LogP contribution in [0.5, 0.6) is 0 Å². The molecule has 2 aliphatic heterocycles. The summed E-state index contributed by atoms with van der Waals surface area (Å²) < 4.78 is 0.762. The van der Waals surface area contributed by atoms with Gasteiger partial charge in [-0.05, 0) is 41.7 Å².